The van der Waals surface area contributed by atoms with E-state index >= 15 is 0 Å². The van der Waals surface area contributed by atoms with Crippen molar-refractivity contribution in [2.75, 3.05) is 43.1 Å². The molecule has 8 heteroatoms. The van der Waals surface area contributed by atoms with Gasteiger partial charge in [-0.3, -0.25) is 0 Å². The summed E-state index contributed by atoms with van der Waals surface area (Å²) in [6.45, 7) is 4.16. The second-order valence-electron chi connectivity index (χ2n) is 8.67. The van der Waals surface area contributed by atoms with Gasteiger partial charge in [-0.05, 0) is 42.7 Å². The van der Waals surface area contributed by atoms with Crippen LogP contribution in [0.5, 0.6) is 6.01 Å². The maximum Gasteiger partial charge on any atom is 0.318 e. The number of halogens is 1. The van der Waals surface area contributed by atoms with Crippen LogP contribution < -0.4 is 19.9 Å². The molecule has 0 bridgehead atoms. The van der Waals surface area contributed by atoms with Gasteiger partial charge in [0.05, 0.1) is 24.4 Å². The van der Waals surface area contributed by atoms with Gasteiger partial charge in [0.25, 0.3) is 0 Å². The fraction of sp³-hybridized carbons (Fsp3) is 0.400. The van der Waals surface area contributed by atoms with E-state index in [-0.39, 0.29) is 0 Å². The third-order valence-electron chi connectivity index (χ3n) is 6.76. The van der Waals surface area contributed by atoms with Crippen molar-refractivity contribution in [1.29, 1.82) is 5.26 Å². The van der Waals surface area contributed by atoms with Crippen LogP contribution in [0.25, 0.3) is 10.8 Å². The van der Waals surface area contributed by atoms with Crippen molar-refractivity contribution in [1.82, 2.24) is 15.3 Å². The maximum atomic E-state index is 8.78. The number of ether oxygens (including phenoxy) is 1. The number of aromatic nitrogens is 2. The first-order valence-corrected chi connectivity index (χ1v) is 11.8. The van der Waals surface area contributed by atoms with Crippen molar-refractivity contribution in [2.45, 2.75) is 25.8 Å². The van der Waals surface area contributed by atoms with Crippen LogP contribution in [0.3, 0.4) is 0 Å². The number of hydrogen-bond donors (Lipinski definition) is 1. The van der Waals surface area contributed by atoms with E-state index in [4.69, 9.17) is 31.6 Å². The Balaban J connectivity index is 1.43. The highest BCUT2D eigenvalue weighted by atomic mass is 35.5. The molecule has 1 N–H and O–H groups in total. The molecule has 33 heavy (non-hydrogen) atoms. The number of nitrogens with one attached hydrogen (secondary N) is 1. The van der Waals surface area contributed by atoms with Crippen LogP contribution >= 0.6 is 11.6 Å². The monoisotopic (exact) mass is 462 g/mol. The first-order valence-electron chi connectivity index (χ1n) is 11.4. The Bertz CT molecular complexity index is 1200. The zero-order valence-electron chi connectivity index (χ0n) is 18.7. The lowest BCUT2D eigenvalue weighted by Crippen LogP contribution is -2.39. The summed E-state index contributed by atoms with van der Waals surface area (Å²) in [5.74, 6) is 1.52. The summed E-state index contributed by atoms with van der Waals surface area (Å²) in [5.41, 5.74) is 3.36. The molecule has 170 valence electrons. The minimum atomic E-state index is 0.412. The topological polar surface area (TPSA) is 77.3 Å². The van der Waals surface area contributed by atoms with Gasteiger partial charge in [0.2, 0.25) is 0 Å². The molecule has 2 aliphatic heterocycles. The van der Waals surface area contributed by atoms with Gasteiger partial charge in [0, 0.05) is 42.8 Å². The van der Waals surface area contributed by atoms with Gasteiger partial charge in [-0.1, -0.05) is 35.9 Å². The molecule has 0 radical (unpaired) electrons. The number of rotatable bonds is 5. The fourth-order valence-electron chi connectivity index (χ4n) is 5.03. The number of methoxy groups -OCH3 is 1. The molecule has 2 aromatic carbocycles. The summed E-state index contributed by atoms with van der Waals surface area (Å²) in [5, 5.41) is 14.6. The lowest BCUT2D eigenvalue weighted by atomic mass is 9.95. The van der Waals surface area contributed by atoms with E-state index < -0.39 is 0 Å². The average Bonchev–Trinajstić information content (AvgIpc) is 2.86. The second-order valence-corrected chi connectivity index (χ2v) is 9.08. The van der Waals surface area contributed by atoms with Crippen molar-refractivity contribution in [3.8, 4) is 12.2 Å². The molecule has 2 aliphatic rings. The average molecular weight is 463 g/mol. The second kappa shape index (κ2) is 9.32. The summed E-state index contributed by atoms with van der Waals surface area (Å²) < 4.78 is 5.48. The molecular formula is C25H27ClN6O. The van der Waals surface area contributed by atoms with Crippen molar-refractivity contribution >= 4 is 33.9 Å². The zero-order valence-corrected chi connectivity index (χ0v) is 19.5. The van der Waals surface area contributed by atoms with Gasteiger partial charge < -0.3 is 19.9 Å². The Hall–Kier alpha value is -3.24. The van der Waals surface area contributed by atoms with E-state index in [1.807, 2.05) is 18.3 Å². The summed E-state index contributed by atoms with van der Waals surface area (Å²) in [6.07, 6.45) is 4.98. The Kier molecular flexibility index (Phi) is 6.10. The standard InChI is InChI=1S/C25H27ClN6O/c1-33-25-29-21-15-32(22-7-3-5-18-4-2-6-20(26)23(18)22)13-10-19(21)24(30-25)31-11-8-17(9-12-31)14-28-16-27/h2-7,17,28H,8-15H2,1H3. The predicted molar refractivity (Wildman–Crippen MR) is 131 cm³/mol. The maximum absolute atomic E-state index is 8.78. The third kappa shape index (κ3) is 4.23. The molecular weight excluding hydrogens is 436 g/mol. The molecule has 1 fully saturated rings. The molecule has 3 aromatic rings. The summed E-state index contributed by atoms with van der Waals surface area (Å²) >= 11 is 6.60. The van der Waals surface area contributed by atoms with E-state index in [2.05, 4.69) is 39.4 Å². The number of fused-ring (bicyclic) bond motifs is 2. The molecule has 0 aliphatic carbocycles. The third-order valence-corrected chi connectivity index (χ3v) is 7.08. The van der Waals surface area contributed by atoms with Crippen molar-refractivity contribution in [3.05, 3.63) is 52.7 Å². The summed E-state index contributed by atoms with van der Waals surface area (Å²) in [7, 11) is 1.62. The minimum absolute atomic E-state index is 0.412. The quantitative estimate of drug-likeness (QED) is 0.451. The van der Waals surface area contributed by atoms with Crippen molar-refractivity contribution < 1.29 is 4.74 Å². The predicted octanol–water partition coefficient (Wildman–Crippen LogP) is 4.14. The highest BCUT2D eigenvalue weighted by Crippen LogP contribution is 2.37. The van der Waals surface area contributed by atoms with Gasteiger partial charge in [-0.2, -0.15) is 15.2 Å². The van der Waals surface area contributed by atoms with Crippen LogP contribution in [0, 0.1) is 17.4 Å². The molecule has 1 saturated heterocycles. The summed E-state index contributed by atoms with van der Waals surface area (Å²) in [4.78, 5) is 14.2. The number of hydrogen-bond acceptors (Lipinski definition) is 7. The molecule has 0 spiro atoms. The Morgan fingerprint density at radius 1 is 1.12 bits per heavy atom. The van der Waals surface area contributed by atoms with Crippen molar-refractivity contribution in [2.24, 2.45) is 5.92 Å². The first kappa shape index (κ1) is 21.6. The number of benzene rings is 2. The summed E-state index contributed by atoms with van der Waals surface area (Å²) in [6, 6.07) is 12.8. The highest BCUT2D eigenvalue weighted by Gasteiger charge is 2.28. The van der Waals surface area contributed by atoms with Crippen molar-refractivity contribution in [3.63, 3.8) is 0 Å². The highest BCUT2D eigenvalue weighted by molar-refractivity contribution is 6.36. The van der Waals surface area contributed by atoms with Gasteiger partial charge in [-0.15, -0.1) is 0 Å². The molecule has 7 nitrogen and oxygen atoms in total. The SMILES string of the molecule is COc1nc2c(c(N3CCC(CNC#N)CC3)n1)CCN(c1cccc3cccc(Cl)c13)C2. The molecule has 0 saturated carbocycles. The van der Waals surface area contributed by atoms with E-state index in [9.17, 15) is 0 Å². The zero-order chi connectivity index (χ0) is 22.8. The fourth-order valence-corrected chi connectivity index (χ4v) is 5.30. The Labute approximate surface area is 198 Å². The number of piperidine rings is 1. The number of nitrogens with zero attached hydrogens (tertiary/aromatic N) is 5. The lowest BCUT2D eigenvalue weighted by molar-refractivity contribution is 0.371. The van der Waals surface area contributed by atoms with Gasteiger partial charge >= 0.3 is 6.01 Å². The molecule has 5 rings (SSSR count). The largest absolute Gasteiger partial charge is 0.467 e. The van der Waals surface area contributed by atoms with Gasteiger partial charge in [0.15, 0.2) is 6.19 Å². The van der Waals surface area contributed by atoms with Crippen LogP contribution in [0.4, 0.5) is 11.5 Å². The van der Waals surface area contributed by atoms with E-state index in [1.165, 1.54) is 5.56 Å². The van der Waals surface area contributed by atoms with Gasteiger partial charge in [-0.25, -0.2) is 0 Å². The van der Waals surface area contributed by atoms with Crippen LogP contribution in [-0.2, 0) is 13.0 Å². The number of anilines is 2. The van der Waals surface area contributed by atoms with Gasteiger partial charge in [0.1, 0.15) is 5.82 Å². The van der Waals surface area contributed by atoms with Crippen LogP contribution in [0.2, 0.25) is 5.02 Å². The molecule has 3 heterocycles. The van der Waals surface area contributed by atoms with E-state index in [1.54, 1.807) is 7.11 Å². The van der Waals surface area contributed by atoms with E-state index in [0.29, 0.717) is 18.5 Å². The van der Waals surface area contributed by atoms with E-state index in [0.717, 1.165) is 78.4 Å². The molecule has 1 aromatic heterocycles. The number of nitriles is 1. The molecule has 0 unspecified atom stereocenters. The Morgan fingerprint density at radius 2 is 1.91 bits per heavy atom. The van der Waals surface area contributed by atoms with Crippen LogP contribution in [0.1, 0.15) is 24.1 Å². The lowest BCUT2D eigenvalue weighted by Gasteiger charge is -2.37. The van der Waals surface area contributed by atoms with Crippen LogP contribution in [0.15, 0.2) is 36.4 Å². The molecule has 0 amide bonds. The minimum Gasteiger partial charge on any atom is -0.467 e. The van der Waals surface area contributed by atoms with Crippen LogP contribution in [-0.4, -0.2) is 43.3 Å². The molecule has 0 atom stereocenters. The Morgan fingerprint density at radius 3 is 2.67 bits per heavy atom. The smallest absolute Gasteiger partial charge is 0.318 e. The normalized spacial score (nSPS) is 16.4. The first-order chi connectivity index (χ1) is 16.2.